The molecule has 0 fully saturated rings. The highest BCUT2D eigenvalue weighted by Gasteiger charge is 2.22. The van der Waals surface area contributed by atoms with E-state index in [1.54, 1.807) is 18.2 Å². The second kappa shape index (κ2) is 8.70. The van der Waals surface area contributed by atoms with Crippen LogP contribution in [0, 0.1) is 6.92 Å². The number of phenolic OH excluding ortho intramolecular Hbond substituents is 1. The van der Waals surface area contributed by atoms with Crippen molar-refractivity contribution in [2.45, 2.75) is 13.0 Å². The number of aromatic hydroxyl groups is 1. The number of aryl methyl sites for hydroxylation is 1. The first-order chi connectivity index (χ1) is 14.6. The first kappa shape index (κ1) is 19.5. The second-order valence-corrected chi connectivity index (χ2v) is 7.23. The molecule has 0 spiro atoms. The van der Waals surface area contributed by atoms with Crippen molar-refractivity contribution in [3.63, 3.8) is 0 Å². The molecule has 0 unspecified atom stereocenters. The lowest BCUT2D eigenvalue weighted by molar-refractivity contribution is -0.123. The van der Waals surface area contributed by atoms with Crippen molar-refractivity contribution in [3.05, 3.63) is 108 Å². The Hall–Kier alpha value is -3.79. The van der Waals surface area contributed by atoms with Crippen LogP contribution in [0.4, 0.5) is 0 Å². The Bertz CT molecular complexity index is 1150. The Morgan fingerprint density at radius 2 is 1.60 bits per heavy atom. The molecule has 0 aliphatic rings. The number of hydrogen-bond acceptors (Lipinski definition) is 3. The zero-order valence-electron chi connectivity index (χ0n) is 16.7. The molecule has 2 N–H and O–H groups in total. The van der Waals surface area contributed by atoms with E-state index in [0.717, 1.165) is 21.9 Å². The van der Waals surface area contributed by atoms with Gasteiger partial charge in [0.2, 0.25) is 0 Å². The summed E-state index contributed by atoms with van der Waals surface area (Å²) in [5, 5.41) is 15.7. The van der Waals surface area contributed by atoms with E-state index in [2.05, 4.69) is 5.32 Å². The van der Waals surface area contributed by atoms with Gasteiger partial charge >= 0.3 is 0 Å². The van der Waals surface area contributed by atoms with Crippen LogP contribution in [-0.4, -0.2) is 17.6 Å². The van der Waals surface area contributed by atoms with Crippen molar-refractivity contribution >= 4 is 16.7 Å². The van der Waals surface area contributed by atoms with E-state index in [9.17, 15) is 9.90 Å². The van der Waals surface area contributed by atoms with Crippen molar-refractivity contribution in [3.8, 4) is 11.5 Å². The van der Waals surface area contributed by atoms with Gasteiger partial charge in [-0.25, -0.2) is 0 Å². The highest BCUT2D eigenvalue weighted by molar-refractivity contribution is 5.89. The molecule has 1 amide bonds. The normalized spacial score (nSPS) is 11.8. The molecule has 4 aromatic carbocycles. The monoisotopic (exact) mass is 397 g/mol. The lowest BCUT2D eigenvalue weighted by atomic mass is 9.92. The van der Waals surface area contributed by atoms with E-state index >= 15 is 0 Å². The summed E-state index contributed by atoms with van der Waals surface area (Å²) < 4.78 is 5.60. The molecular weight excluding hydrogens is 374 g/mol. The minimum absolute atomic E-state index is 0.113. The first-order valence-corrected chi connectivity index (χ1v) is 9.86. The minimum atomic E-state index is -0.511. The Morgan fingerprint density at radius 1 is 0.900 bits per heavy atom. The van der Waals surface area contributed by atoms with E-state index in [1.807, 2.05) is 79.7 Å². The molecule has 1 atom stereocenters. The Morgan fingerprint density at radius 3 is 2.37 bits per heavy atom. The molecule has 0 radical (unpaired) electrons. The molecule has 4 rings (SSSR count). The van der Waals surface area contributed by atoms with Gasteiger partial charge in [0.15, 0.2) is 6.61 Å². The molecule has 0 bridgehead atoms. The Labute approximate surface area is 175 Å². The largest absolute Gasteiger partial charge is 0.508 e. The zero-order chi connectivity index (χ0) is 20.9. The van der Waals surface area contributed by atoms with Crippen LogP contribution in [0.2, 0.25) is 0 Å². The number of hydrogen-bond donors (Lipinski definition) is 2. The van der Waals surface area contributed by atoms with E-state index in [1.165, 1.54) is 0 Å². The number of carbonyl (C=O) groups is 1. The molecule has 0 heterocycles. The second-order valence-electron chi connectivity index (χ2n) is 7.23. The van der Waals surface area contributed by atoms with Gasteiger partial charge in [-0.1, -0.05) is 78.4 Å². The Kier molecular flexibility index (Phi) is 5.66. The van der Waals surface area contributed by atoms with Gasteiger partial charge in [-0.2, -0.15) is 0 Å². The smallest absolute Gasteiger partial charge is 0.258 e. The molecule has 0 saturated heterocycles. The standard InChI is InChI=1S/C26H23NO3/c1-18-11-13-20(14-12-18)26(27-24(29)17-30-21-8-3-2-4-9-21)25-22-10-6-5-7-19(22)15-16-23(25)28/h2-16,26,28H,17H2,1H3,(H,27,29)/t26-/m1/s1. The van der Waals surface area contributed by atoms with Gasteiger partial charge in [0.05, 0.1) is 6.04 Å². The quantitative estimate of drug-likeness (QED) is 0.474. The minimum Gasteiger partial charge on any atom is -0.508 e. The molecule has 4 heteroatoms. The van der Waals surface area contributed by atoms with Crippen LogP contribution in [0.1, 0.15) is 22.7 Å². The summed E-state index contributed by atoms with van der Waals surface area (Å²) >= 11 is 0. The number of rotatable bonds is 6. The van der Waals surface area contributed by atoms with Crippen LogP contribution in [0.25, 0.3) is 10.8 Å². The van der Waals surface area contributed by atoms with E-state index in [0.29, 0.717) is 11.3 Å². The van der Waals surface area contributed by atoms with Crippen molar-refractivity contribution in [1.82, 2.24) is 5.32 Å². The SMILES string of the molecule is Cc1ccc([C@@H](NC(=O)COc2ccccc2)c2c(O)ccc3ccccc23)cc1. The average Bonchev–Trinajstić information content (AvgIpc) is 2.78. The van der Waals surface area contributed by atoms with E-state index < -0.39 is 6.04 Å². The summed E-state index contributed by atoms with van der Waals surface area (Å²) in [6, 6.07) is 28.0. The molecule has 0 saturated carbocycles. The maximum Gasteiger partial charge on any atom is 0.258 e. The van der Waals surface area contributed by atoms with Gasteiger partial charge in [0.1, 0.15) is 11.5 Å². The van der Waals surface area contributed by atoms with Crippen molar-refractivity contribution in [2.24, 2.45) is 0 Å². The van der Waals surface area contributed by atoms with Crippen LogP contribution in [0.5, 0.6) is 11.5 Å². The molecule has 0 aromatic heterocycles. The van der Waals surface area contributed by atoms with Gasteiger partial charge in [-0.15, -0.1) is 0 Å². The predicted molar refractivity (Wildman–Crippen MR) is 119 cm³/mol. The first-order valence-electron chi connectivity index (χ1n) is 9.86. The molecule has 0 aliphatic heterocycles. The van der Waals surface area contributed by atoms with Crippen molar-refractivity contribution < 1.29 is 14.6 Å². The van der Waals surface area contributed by atoms with Crippen LogP contribution < -0.4 is 10.1 Å². The summed E-state index contributed by atoms with van der Waals surface area (Å²) in [6.07, 6.45) is 0. The Balaban J connectivity index is 1.68. The number of phenols is 1. The molecule has 30 heavy (non-hydrogen) atoms. The maximum atomic E-state index is 12.8. The number of fused-ring (bicyclic) bond motifs is 1. The third-order valence-corrected chi connectivity index (χ3v) is 5.07. The summed E-state index contributed by atoms with van der Waals surface area (Å²) in [6.45, 7) is 1.90. The third kappa shape index (κ3) is 4.28. The van der Waals surface area contributed by atoms with Crippen LogP contribution in [-0.2, 0) is 4.79 Å². The van der Waals surface area contributed by atoms with Crippen LogP contribution in [0.15, 0.2) is 91.0 Å². The molecule has 4 aromatic rings. The van der Waals surface area contributed by atoms with Gasteiger partial charge in [0, 0.05) is 5.56 Å². The molecular formula is C26H23NO3. The van der Waals surface area contributed by atoms with Gasteiger partial charge in [-0.3, -0.25) is 4.79 Å². The number of benzene rings is 4. The highest BCUT2D eigenvalue weighted by atomic mass is 16.5. The highest BCUT2D eigenvalue weighted by Crippen LogP contribution is 2.35. The summed E-state index contributed by atoms with van der Waals surface area (Å²) in [4.78, 5) is 12.8. The molecule has 4 nitrogen and oxygen atoms in total. The average molecular weight is 397 g/mol. The van der Waals surface area contributed by atoms with Crippen LogP contribution >= 0.6 is 0 Å². The van der Waals surface area contributed by atoms with Gasteiger partial charge in [-0.05, 0) is 41.5 Å². The maximum absolute atomic E-state index is 12.8. The number of carbonyl (C=O) groups excluding carboxylic acids is 1. The van der Waals surface area contributed by atoms with Crippen molar-refractivity contribution in [2.75, 3.05) is 6.61 Å². The van der Waals surface area contributed by atoms with E-state index in [4.69, 9.17) is 4.74 Å². The molecule has 0 aliphatic carbocycles. The lowest BCUT2D eigenvalue weighted by Crippen LogP contribution is -2.33. The number of ether oxygens (including phenoxy) is 1. The summed E-state index contributed by atoms with van der Waals surface area (Å²) in [5.74, 6) is 0.507. The summed E-state index contributed by atoms with van der Waals surface area (Å²) in [5.41, 5.74) is 2.68. The topological polar surface area (TPSA) is 58.6 Å². The number of amides is 1. The fourth-order valence-electron chi connectivity index (χ4n) is 3.54. The lowest BCUT2D eigenvalue weighted by Gasteiger charge is -2.23. The number of para-hydroxylation sites is 1. The third-order valence-electron chi connectivity index (χ3n) is 5.07. The van der Waals surface area contributed by atoms with Crippen LogP contribution in [0.3, 0.4) is 0 Å². The fraction of sp³-hybridized carbons (Fsp3) is 0.115. The summed E-state index contributed by atoms with van der Waals surface area (Å²) in [7, 11) is 0. The van der Waals surface area contributed by atoms with Crippen molar-refractivity contribution in [1.29, 1.82) is 0 Å². The predicted octanol–water partition coefficient (Wildman–Crippen LogP) is 5.14. The van der Waals surface area contributed by atoms with Gasteiger partial charge < -0.3 is 15.2 Å². The van der Waals surface area contributed by atoms with Gasteiger partial charge in [0.25, 0.3) is 5.91 Å². The number of nitrogens with one attached hydrogen (secondary N) is 1. The zero-order valence-corrected chi connectivity index (χ0v) is 16.7. The van der Waals surface area contributed by atoms with E-state index in [-0.39, 0.29) is 18.3 Å². The fourth-order valence-corrected chi connectivity index (χ4v) is 3.54. The molecule has 150 valence electrons.